The molecule has 168 valence electrons. The lowest BCUT2D eigenvalue weighted by molar-refractivity contribution is -0.113. The number of nitrogens with zero attached hydrogens (tertiary/aromatic N) is 5. The maximum atomic E-state index is 12.1. The van der Waals surface area contributed by atoms with Crippen molar-refractivity contribution in [3.05, 3.63) is 59.7 Å². The van der Waals surface area contributed by atoms with E-state index in [0.717, 1.165) is 29.9 Å². The van der Waals surface area contributed by atoms with Crippen LogP contribution in [0.2, 0.25) is 0 Å². The summed E-state index contributed by atoms with van der Waals surface area (Å²) < 4.78 is 1.27. The first-order valence-corrected chi connectivity index (χ1v) is 11.3. The number of amides is 1. The number of nitrogens with one attached hydrogen (secondary N) is 2. The van der Waals surface area contributed by atoms with Crippen molar-refractivity contribution < 1.29 is 4.79 Å². The fourth-order valence-electron chi connectivity index (χ4n) is 2.94. The second-order valence-corrected chi connectivity index (χ2v) is 7.96. The lowest BCUT2D eigenvalue weighted by Crippen LogP contribution is -2.21. The van der Waals surface area contributed by atoms with E-state index in [1.165, 1.54) is 22.1 Å². The second kappa shape index (κ2) is 11.2. The van der Waals surface area contributed by atoms with E-state index < -0.39 is 0 Å². The Labute approximate surface area is 192 Å². The number of nitrogens with two attached hydrogens (primary N) is 1. The van der Waals surface area contributed by atoms with E-state index in [0.29, 0.717) is 5.16 Å². The topological polar surface area (TPSA) is 113 Å². The first kappa shape index (κ1) is 23.1. The number of benzene rings is 2. The maximum Gasteiger partial charge on any atom is 0.264 e. The third-order valence-electron chi connectivity index (χ3n) is 4.73. The van der Waals surface area contributed by atoms with Crippen LogP contribution >= 0.6 is 11.8 Å². The van der Waals surface area contributed by atoms with Crippen molar-refractivity contribution in [3.63, 3.8) is 0 Å². The van der Waals surface area contributed by atoms with Crippen LogP contribution in [0.4, 0.5) is 17.3 Å². The normalized spacial score (nSPS) is 11.0. The third-order valence-corrected chi connectivity index (χ3v) is 5.68. The van der Waals surface area contributed by atoms with Gasteiger partial charge in [0.2, 0.25) is 11.1 Å². The van der Waals surface area contributed by atoms with Crippen LogP contribution in [-0.2, 0) is 4.79 Å². The Balaban J connectivity index is 1.51. The van der Waals surface area contributed by atoms with Crippen LogP contribution < -0.4 is 21.5 Å². The Bertz CT molecular complexity index is 1040. The molecule has 4 N–H and O–H groups in total. The zero-order valence-corrected chi connectivity index (χ0v) is 19.3. The molecule has 0 fully saturated rings. The molecular formula is C22H28N8OS. The second-order valence-electron chi connectivity index (χ2n) is 7.01. The molecule has 10 heteroatoms. The van der Waals surface area contributed by atoms with Crippen molar-refractivity contribution in [2.24, 2.45) is 5.10 Å². The number of thioether (sulfide) groups is 1. The van der Waals surface area contributed by atoms with E-state index in [4.69, 9.17) is 5.84 Å². The van der Waals surface area contributed by atoms with E-state index in [1.807, 2.05) is 43.3 Å². The third kappa shape index (κ3) is 6.24. The number of anilines is 3. The molecule has 2 aromatic carbocycles. The van der Waals surface area contributed by atoms with Crippen LogP contribution in [0.3, 0.4) is 0 Å². The molecule has 0 radical (unpaired) electrons. The summed E-state index contributed by atoms with van der Waals surface area (Å²) in [5, 5.41) is 15.4. The molecule has 0 saturated carbocycles. The van der Waals surface area contributed by atoms with Crippen molar-refractivity contribution in [1.29, 1.82) is 0 Å². The van der Waals surface area contributed by atoms with Crippen LogP contribution in [0.1, 0.15) is 25.0 Å². The van der Waals surface area contributed by atoms with Crippen molar-refractivity contribution >= 4 is 41.2 Å². The number of aryl methyl sites for hydroxylation is 1. The number of hydrogen-bond acceptors (Lipinski definition) is 8. The average Bonchev–Trinajstić information content (AvgIpc) is 3.15. The maximum absolute atomic E-state index is 12.1. The molecule has 0 unspecified atom stereocenters. The van der Waals surface area contributed by atoms with E-state index in [9.17, 15) is 4.79 Å². The van der Waals surface area contributed by atoms with Gasteiger partial charge in [-0.2, -0.15) is 5.10 Å². The van der Waals surface area contributed by atoms with Crippen LogP contribution in [0.5, 0.6) is 0 Å². The summed E-state index contributed by atoms with van der Waals surface area (Å²) in [6, 6.07) is 15.7. The Morgan fingerprint density at radius 1 is 1.12 bits per heavy atom. The molecule has 1 amide bonds. The molecule has 0 aliphatic heterocycles. The molecule has 0 bridgehead atoms. The number of rotatable bonds is 10. The summed E-state index contributed by atoms with van der Waals surface area (Å²) in [6.07, 6.45) is 1.68. The summed E-state index contributed by atoms with van der Waals surface area (Å²) in [7, 11) is 0. The zero-order valence-electron chi connectivity index (χ0n) is 18.4. The number of carbonyl (C=O) groups excluding carboxylic acids is 1. The van der Waals surface area contributed by atoms with Gasteiger partial charge in [-0.3, -0.25) is 4.79 Å². The van der Waals surface area contributed by atoms with Crippen molar-refractivity contribution in [2.45, 2.75) is 25.9 Å². The molecular weight excluding hydrogens is 424 g/mol. The highest BCUT2D eigenvalue weighted by atomic mass is 32.2. The molecule has 9 nitrogen and oxygen atoms in total. The largest absolute Gasteiger partial charge is 0.372 e. The van der Waals surface area contributed by atoms with Crippen LogP contribution in [0.25, 0.3) is 0 Å². The van der Waals surface area contributed by atoms with Gasteiger partial charge in [-0.1, -0.05) is 41.6 Å². The van der Waals surface area contributed by atoms with E-state index in [1.54, 1.807) is 6.21 Å². The highest BCUT2D eigenvalue weighted by Crippen LogP contribution is 2.18. The Kier molecular flexibility index (Phi) is 8.09. The predicted octanol–water partition coefficient (Wildman–Crippen LogP) is 3.32. The monoisotopic (exact) mass is 452 g/mol. The molecule has 0 aliphatic rings. The Morgan fingerprint density at radius 3 is 2.47 bits per heavy atom. The molecule has 0 atom stereocenters. The lowest BCUT2D eigenvalue weighted by atomic mass is 10.2. The van der Waals surface area contributed by atoms with Crippen LogP contribution in [0.15, 0.2) is 58.8 Å². The predicted molar refractivity (Wildman–Crippen MR) is 132 cm³/mol. The van der Waals surface area contributed by atoms with E-state index in [2.05, 4.69) is 56.9 Å². The summed E-state index contributed by atoms with van der Waals surface area (Å²) >= 11 is 1.19. The average molecular weight is 453 g/mol. The highest BCUT2D eigenvalue weighted by Gasteiger charge is 2.12. The molecule has 1 aromatic heterocycles. The van der Waals surface area contributed by atoms with E-state index >= 15 is 0 Å². The quantitative estimate of drug-likeness (QED) is 0.187. The Hall–Kier alpha value is -3.53. The van der Waals surface area contributed by atoms with E-state index in [-0.39, 0.29) is 17.6 Å². The van der Waals surface area contributed by atoms with Crippen molar-refractivity contribution in [2.75, 3.05) is 40.3 Å². The number of hydrazone groups is 1. The van der Waals surface area contributed by atoms with Gasteiger partial charge < -0.3 is 16.1 Å². The van der Waals surface area contributed by atoms with Gasteiger partial charge in [0.15, 0.2) is 0 Å². The SMILES string of the molecule is CCN(CC)c1ccc(/C=N/Nc2nnc(SCC(=O)Nc3ccc(C)cc3)n2N)cc1. The smallest absolute Gasteiger partial charge is 0.264 e. The number of nitrogen functional groups attached to an aromatic ring is 1. The molecule has 0 saturated heterocycles. The highest BCUT2D eigenvalue weighted by molar-refractivity contribution is 7.99. The Morgan fingerprint density at radius 2 is 1.81 bits per heavy atom. The zero-order chi connectivity index (χ0) is 22.9. The van der Waals surface area contributed by atoms with Gasteiger partial charge in [-0.15, -0.1) is 10.2 Å². The van der Waals surface area contributed by atoms with Gasteiger partial charge >= 0.3 is 0 Å². The van der Waals surface area contributed by atoms with Gasteiger partial charge in [-0.25, -0.2) is 10.1 Å². The first-order chi connectivity index (χ1) is 15.5. The van der Waals surface area contributed by atoms with Gasteiger partial charge in [0, 0.05) is 24.5 Å². The molecule has 3 aromatic rings. The molecule has 3 rings (SSSR count). The van der Waals surface area contributed by atoms with Crippen molar-refractivity contribution in [3.8, 4) is 0 Å². The summed E-state index contributed by atoms with van der Waals surface area (Å²) in [4.78, 5) is 14.4. The minimum Gasteiger partial charge on any atom is -0.372 e. The minimum atomic E-state index is -0.150. The molecule has 32 heavy (non-hydrogen) atoms. The number of aromatic nitrogens is 3. The summed E-state index contributed by atoms with van der Waals surface area (Å²) in [5.41, 5.74) is 6.78. The van der Waals surface area contributed by atoms with Gasteiger partial charge in [0.25, 0.3) is 5.95 Å². The van der Waals surface area contributed by atoms with Gasteiger partial charge in [0.05, 0.1) is 12.0 Å². The first-order valence-electron chi connectivity index (χ1n) is 10.3. The van der Waals surface area contributed by atoms with Crippen molar-refractivity contribution in [1.82, 2.24) is 14.9 Å². The fourth-order valence-corrected chi connectivity index (χ4v) is 3.60. The number of hydrogen-bond donors (Lipinski definition) is 3. The standard InChI is InChI=1S/C22H28N8OS/c1-4-29(5-2)19-12-8-17(9-13-19)14-24-26-21-27-28-22(30(21)23)32-15-20(31)25-18-10-6-16(3)7-11-18/h6-14H,4-5,15,23H2,1-3H3,(H,25,31)(H,26,27)/b24-14+. The van der Waals surface area contributed by atoms with Crippen LogP contribution in [-0.4, -0.2) is 45.8 Å². The summed E-state index contributed by atoms with van der Waals surface area (Å²) in [5.74, 6) is 6.31. The summed E-state index contributed by atoms with van der Waals surface area (Å²) in [6.45, 7) is 8.19. The molecule has 1 heterocycles. The fraction of sp³-hybridized carbons (Fsp3) is 0.273. The number of carbonyl (C=O) groups is 1. The molecule has 0 spiro atoms. The van der Waals surface area contributed by atoms with Crippen LogP contribution in [0, 0.1) is 6.92 Å². The van der Waals surface area contributed by atoms with Gasteiger partial charge in [-0.05, 0) is 50.6 Å². The van der Waals surface area contributed by atoms with Gasteiger partial charge in [0.1, 0.15) is 0 Å². The minimum absolute atomic E-state index is 0.150. The lowest BCUT2D eigenvalue weighted by Gasteiger charge is -2.20. The molecule has 0 aliphatic carbocycles.